The summed E-state index contributed by atoms with van der Waals surface area (Å²) in [6, 6.07) is 12.7. The molecule has 2 rings (SSSR count). The van der Waals surface area contributed by atoms with Crippen LogP contribution >= 0.6 is 0 Å². The van der Waals surface area contributed by atoms with Crippen molar-refractivity contribution in [2.75, 3.05) is 0 Å². The Morgan fingerprint density at radius 1 is 1.10 bits per heavy atom. The number of alkyl halides is 3. The number of ether oxygens (including phenoxy) is 1. The van der Waals surface area contributed by atoms with E-state index in [0.717, 1.165) is 12.0 Å². The highest BCUT2D eigenvalue weighted by Gasteiger charge is 2.30. The Hall–Kier alpha value is -3.23. The second kappa shape index (κ2) is 10.5. The minimum absolute atomic E-state index is 0.114. The second-order valence-electron chi connectivity index (χ2n) is 6.73. The average Bonchev–Trinajstić information content (AvgIpc) is 2.70. The van der Waals surface area contributed by atoms with Crippen molar-refractivity contribution in [3.05, 3.63) is 65.2 Å². The van der Waals surface area contributed by atoms with E-state index in [1.54, 1.807) is 12.1 Å². The Bertz CT molecular complexity index is 850. The first-order valence-corrected chi connectivity index (χ1v) is 9.44. The number of nitrogens with zero attached hydrogens (tertiary/aromatic N) is 1. The van der Waals surface area contributed by atoms with Gasteiger partial charge >= 0.3 is 6.36 Å². The van der Waals surface area contributed by atoms with Crippen molar-refractivity contribution in [1.82, 2.24) is 10.6 Å². The Morgan fingerprint density at radius 3 is 2.27 bits per heavy atom. The zero-order valence-corrected chi connectivity index (χ0v) is 16.8. The standard InChI is InChI=1S/C21H25F3N4O2/c1-3-14(2)28-19(29)17-8-4-15(5-9-17)12-26-20(25)27-13-16-6-10-18(11-7-16)30-21(22,23)24/h4-11,14H,3,12-13H2,1-2H3,(H,28,29)(H3,25,26,27). The molecule has 0 aromatic heterocycles. The van der Waals surface area contributed by atoms with Crippen molar-refractivity contribution < 1.29 is 22.7 Å². The summed E-state index contributed by atoms with van der Waals surface area (Å²) in [6.45, 7) is 4.58. The Labute approximate surface area is 173 Å². The molecular weight excluding hydrogens is 397 g/mol. The van der Waals surface area contributed by atoms with E-state index in [4.69, 9.17) is 5.73 Å². The van der Waals surface area contributed by atoms with Gasteiger partial charge in [0.25, 0.3) is 5.91 Å². The lowest BCUT2D eigenvalue weighted by Gasteiger charge is -2.12. The minimum Gasteiger partial charge on any atom is -0.406 e. The number of nitrogens with two attached hydrogens (primary N) is 1. The maximum atomic E-state index is 12.2. The number of carbonyl (C=O) groups excluding carboxylic acids is 1. The molecule has 1 unspecified atom stereocenters. The zero-order valence-electron chi connectivity index (χ0n) is 16.8. The van der Waals surface area contributed by atoms with E-state index in [2.05, 4.69) is 20.4 Å². The number of carbonyl (C=O) groups is 1. The normalized spacial score (nSPS) is 12.9. The predicted octanol–water partition coefficient (Wildman–Crippen LogP) is 3.72. The lowest BCUT2D eigenvalue weighted by atomic mass is 10.1. The first-order chi connectivity index (χ1) is 14.2. The average molecular weight is 422 g/mol. The van der Waals surface area contributed by atoms with E-state index in [9.17, 15) is 18.0 Å². The molecule has 0 spiro atoms. The fraction of sp³-hybridized carbons (Fsp3) is 0.333. The van der Waals surface area contributed by atoms with E-state index >= 15 is 0 Å². The number of halogens is 3. The first-order valence-electron chi connectivity index (χ1n) is 9.44. The summed E-state index contributed by atoms with van der Waals surface area (Å²) in [7, 11) is 0. The summed E-state index contributed by atoms with van der Waals surface area (Å²) >= 11 is 0. The second-order valence-corrected chi connectivity index (χ2v) is 6.73. The molecule has 4 N–H and O–H groups in total. The van der Waals surface area contributed by atoms with Crippen molar-refractivity contribution >= 4 is 11.9 Å². The summed E-state index contributed by atoms with van der Waals surface area (Å²) in [4.78, 5) is 16.2. The van der Waals surface area contributed by atoms with Crippen LogP contribution in [0.2, 0.25) is 0 Å². The highest BCUT2D eigenvalue weighted by Crippen LogP contribution is 2.22. The van der Waals surface area contributed by atoms with Crippen molar-refractivity contribution in [3.63, 3.8) is 0 Å². The monoisotopic (exact) mass is 422 g/mol. The van der Waals surface area contributed by atoms with Gasteiger partial charge in [-0.2, -0.15) is 0 Å². The number of hydrogen-bond donors (Lipinski definition) is 3. The molecule has 30 heavy (non-hydrogen) atoms. The van der Waals surface area contributed by atoms with Gasteiger partial charge in [-0.15, -0.1) is 13.2 Å². The Kier molecular flexibility index (Phi) is 8.08. The number of guanidine groups is 1. The van der Waals surface area contributed by atoms with Gasteiger partial charge in [-0.1, -0.05) is 31.2 Å². The largest absolute Gasteiger partial charge is 0.573 e. The van der Waals surface area contributed by atoms with E-state index < -0.39 is 6.36 Å². The van der Waals surface area contributed by atoms with Crippen LogP contribution in [0.3, 0.4) is 0 Å². The van der Waals surface area contributed by atoms with Gasteiger partial charge in [-0.05, 0) is 48.7 Å². The van der Waals surface area contributed by atoms with Crippen LogP contribution in [0.15, 0.2) is 53.5 Å². The number of hydrogen-bond acceptors (Lipinski definition) is 3. The molecule has 2 aromatic rings. The molecule has 6 nitrogen and oxygen atoms in total. The van der Waals surface area contributed by atoms with Crippen LogP contribution in [0.4, 0.5) is 13.2 Å². The molecule has 0 aliphatic rings. The molecule has 0 fully saturated rings. The van der Waals surface area contributed by atoms with Crippen molar-refractivity contribution in [1.29, 1.82) is 0 Å². The maximum absolute atomic E-state index is 12.2. The highest BCUT2D eigenvalue weighted by molar-refractivity contribution is 5.94. The third kappa shape index (κ3) is 8.02. The number of benzene rings is 2. The quantitative estimate of drug-likeness (QED) is 0.447. The topological polar surface area (TPSA) is 88.7 Å². The molecule has 0 aliphatic heterocycles. The highest BCUT2D eigenvalue weighted by atomic mass is 19.4. The van der Waals surface area contributed by atoms with Gasteiger partial charge in [0.05, 0.1) is 6.54 Å². The third-order valence-corrected chi connectivity index (χ3v) is 4.27. The Morgan fingerprint density at radius 2 is 1.70 bits per heavy atom. The number of amides is 1. The zero-order chi connectivity index (χ0) is 22.1. The first kappa shape index (κ1) is 23.1. The van der Waals surface area contributed by atoms with Crippen molar-refractivity contribution in [3.8, 4) is 5.75 Å². The van der Waals surface area contributed by atoms with Gasteiger partial charge in [0.2, 0.25) is 0 Å². The molecule has 0 saturated carbocycles. The molecular formula is C21H25F3N4O2. The summed E-state index contributed by atoms with van der Waals surface area (Å²) in [5.74, 6) is -0.205. The van der Waals surface area contributed by atoms with Crippen LogP contribution in [-0.4, -0.2) is 24.3 Å². The van der Waals surface area contributed by atoms with E-state index in [0.29, 0.717) is 17.7 Å². The van der Waals surface area contributed by atoms with Gasteiger partial charge in [0.1, 0.15) is 5.75 Å². The van der Waals surface area contributed by atoms with Gasteiger partial charge in [0, 0.05) is 18.2 Å². The fourth-order valence-electron chi connectivity index (χ4n) is 2.40. The van der Waals surface area contributed by atoms with Gasteiger partial charge < -0.3 is 21.1 Å². The van der Waals surface area contributed by atoms with Crippen molar-refractivity contribution in [2.45, 2.75) is 45.8 Å². The molecule has 1 atom stereocenters. The van der Waals surface area contributed by atoms with Crippen LogP contribution in [-0.2, 0) is 13.1 Å². The molecule has 0 aliphatic carbocycles. The Balaban J connectivity index is 1.83. The fourth-order valence-corrected chi connectivity index (χ4v) is 2.40. The summed E-state index contributed by atoms with van der Waals surface area (Å²) in [5, 5.41) is 5.86. The predicted molar refractivity (Wildman–Crippen MR) is 109 cm³/mol. The molecule has 2 aromatic carbocycles. The van der Waals surface area contributed by atoms with Crippen LogP contribution in [0, 0.1) is 0 Å². The summed E-state index contributed by atoms with van der Waals surface area (Å²) < 4.78 is 40.3. The molecule has 0 bridgehead atoms. The minimum atomic E-state index is -4.72. The molecule has 0 radical (unpaired) electrons. The SMILES string of the molecule is CCC(C)NC(=O)c1ccc(CNC(N)=NCc2ccc(OC(F)(F)F)cc2)cc1. The van der Waals surface area contributed by atoms with Crippen molar-refractivity contribution in [2.24, 2.45) is 10.7 Å². The van der Waals surface area contributed by atoms with Crippen LogP contribution < -0.4 is 21.1 Å². The van der Waals surface area contributed by atoms with E-state index in [1.165, 1.54) is 24.3 Å². The number of nitrogens with one attached hydrogen (secondary N) is 2. The summed E-state index contributed by atoms with van der Waals surface area (Å²) in [6.07, 6.45) is -3.86. The van der Waals surface area contributed by atoms with Crippen LogP contribution in [0.5, 0.6) is 5.75 Å². The van der Waals surface area contributed by atoms with Crippen LogP contribution in [0.25, 0.3) is 0 Å². The smallest absolute Gasteiger partial charge is 0.406 e. The van der Waals surface area contributed by atoms with Gasteiger partial charge in [0.15, 0.2) is 5.96 Å². The number of aliphatic imine (C=N–C) groups is 1. The third-order valence-electron chi connectivity index (χ3n) is 4.27. The maximum Gasteiger partial charge on any atom is 0.573 e. The number of rotatable bonds is 8. The lowest BCUT2D eigenvalue weighted by Crippen LogP contribution is -2.32. The lowest BCUT2D eigenvalue weighted by molar-refractivity contribution is -0.274. The molecule has 0 heterocycles. The van der Waals surface area contributed by atoms with E-state index in [1.807, 2.05) is 26.0 Å². The molecule has 0 saturated heterocycles. The van der Waals surface area contributed by atoms with Crippen LogP contribution in [0.1, 0.15) is 41.8 Å². The summed E-state index contributed by atoms with van der Waals surface area (Å²) in [5.41, 5.74) is 8.02. The molecule has 162 valence electrons. The molecule has 1 amide bonds. The van der Waals surface area contributed by atoms with E-state index in [-0.39, 0.29) is 30.2 Å². The van der Waals surface area contributed by atoms with Gasteiger partial charge in [-0.3, -0.25) is 4.79 Å². The van der Waals surface area contributed by atoms with Gasteiger partial charge in [-0.25, -0.2) is 4.99 Å². The molecule has 9 heteroatoms.